The van der Waals surface area contributed by atoms with Crippen molar-refractivity contribution in [3.63, 3.8) is 0 Å². The summed E-state index contributed by atoms with van der Waals surface area (Å²) in [6.07, 6.45) is 4.46. The standard InChI is InChI=1S/C14H16O2/c15-14(16)10-12-8-4-5-9-13(12)11-6-2-1-3-7-11/h1-3,6-7H,4-5,8-10H2,(H,15,16). The second-order valence-corrected chi connectivity index (χ2v) is 4.23. The van der Waals surface area contributed by atoms with Crippen molar-refractivity contribution in [1.82, 2.24) is 0 Å². The summed E-state index contributed by atoms with van der Waals surface area (Å²) in [6, 6.07) is 10.2. The van der Waals surface area contributed by atoms with Crippen molar-refractivity contribution in [2.45, 2.75) is 32.1 Å². The van der Waals surface area contributed by atoms with Crippen LogP contribution in [0.15, 0.2) is 35.9 Å². The predicted molar refractivity (Wildman–Crippen MR) is 64.1 cm³/mol. The maximum atomic E-state index is 10.8. The molecule has 1 aromatic carbocycles. The molecule has 2 rings (SSSR count). The van der Waals surface area contributed by atoms with Gasteiger partial charge in [0, 0.05) is 0 Å². The number of hydrogen-bond donors (Lipinski definition) is 1. The Kier molecular flexibility index (Phi) is 3.40. The molecule has 0 atom stereocenters. The number of carboxylic acids is 1. The number of carboxylic acid groups (broad SMARTS) is 1. The SMILES string of the molecule is O=C(O)CC1=C(c2ccccc2)CCCC1. The summed E-state index contributed by atoms with van der Waals surface area (Å²) >= 11 is 0. The van der Waals surface area contributed by atoms with Crippen molar-refractivity contribution in [3.8, 4) is 0 Å². The van der Waals surface area contributed by atoms with Gasteiger partial charge < -0.3 is 5.11 Å². The summed E-state index contributed by atoms with van der Waals surface area (Å²) in [7, 11) is 0. The quantitative estimate of drug-likeness (QED) is 0.839. The maximum absolute atomic E-state index is 10.8. The topological polar surface area (TPSA) is 37.3 Å². The van der Waals surface area contributed by atoms with Crippen LogP contribution in [0.3, 0.4) is 0 Å². The molecule has 0 aromatic heterocycles. The molecule has 0 amide bonds. The molecule has 84 valence electrons. The van der Waals surface area contributed by atoms with E-state index in [-0.39, 0.29) is 6.42 Å². The molecule has 0 bridgehead atoms. The first-order valence-corrected chi connectivity index (χ1v) is 5.75. The van der Waals surface area contributed by atoms with Crippen LogP contribution in [0.2, 0.25) is 0 Å². The van der Waals surface area contributed by atoms with Crippen LogP contribution in [-0.2, 0) is 4.79 Å². The largest absolute Gasteiger partial charge is 0.481 e. The van der Waals surface area contributed by atoms with Crippen LogP contribution in [0, 0.1) is 0 Å². The van der Waals surface area contributed by atoms with Gasteiger partial charge in [0.15, 0.2) is 0 Å². The van der Waals surface area contributed by atoms with E-state index < -0.39 is 5.97 Å². The van der Waals surface area contributed by atoms with E-state index in [2.05, 4.69) is 12.1 Å². The van der Waals surface area contributed by atoms with Crippen molar-refractivity contribution in [1.29, 1.82) is 0 Å². The van der Waals surface area contributed by atoms with Gasteiger partial charge in [-0.3, -0.25) is 4.79 Å². The Morgan fingerprint density at radius 2 is 1.81 bits per heavy atom. The third-order valence-corrected chi connectivity index (χ3v) is 3.07. The average Bonchev–Trinajstić information content (AvgIpc) is 2.30. The number of aliphatic carboxylic acids is 1. The van der Waals surface area contributed by atoms with E-state index in [0.29, 0.717) is 0 Å². The number of carbonyl (C=O) groups is 1. The predicted octanol–water partition coefficient (Wildman–Crippen LogP) is 3.49. The van der Waals surface area contributed by atoms with Crippen LogP contribution in [0.1, 0.15) is 37.7 Å². The molecule has 2 nitrogen and oxygen atoms in total. The molecule has 2 heteroatoms. The van der Waals surface area contributed by atoms with Gasteiger partial charge in [-0.1, -0.05) is 35.9 Å². The third kappa shape index (κ3) is 2.51. The Labute approximate surface area is 95.6 Å². The summed E-state index contributed by atoms with van der Waals surface area (Å²) in [4.78, 5) is 10.8. The van der Waals surface area contributed by atoms with Crippen LogP contribution < -0.4 is 0 Å². The lowest BCUT2D eigenvalue weighted by molar-refractivity contribution is -0.136. The highest BCUT2D eigenvalue weighted by molar-refractivity contribution is 5.77. The first-order valence-electron chi connectivity index (χ1n) is 5.75. The number of hydrogen-bond acceptors (Lipinski definition) is 1. The van der Waals surface area contributed by atoms with Crippen LogP contribution in [0.25, 0.3) is 5.57 Å². The minimum absolute atomic E-state index is 0.199. The molecule has 1 N–H and O–H groups in total. The van der Waals surface area contributed by atoms with E-state index in [1.165, 1.54) is 17.6 Å². The monoisotopic (exact) mass is 216 g/mol. The average molecular weight is 216 g/mol. The maximum Gasteiger partial charge on any atom is 0.307 e. The molecule has 0 unspecified atom stereocenters. The summed E-state index contributed by atoms with van der Waals surface area (Å²) in [6.45, 7) is 0. The second-order valence-electron chi connectivity index (χ2n) is 4.23. The molecule has 0 saturated heterocycles. The summed E-state index contributed by atoms with van der Waals surface area (Å²) in [5.41, 5.74) is 3.57. The Morgan fingerprint density at radius 1 is 1.12 bits per heavy atom. The number of rotatable bonds is 3. The Bertz CT molecular complexity index is 404. The molecule has 16 heavy (non-hydrogen) atoms. The van der Waals surface area contributed by atoms with Crippen molar-refractivity contribution in [2.24, 2.45) is 0 Å². The lowest BCUT2D eigenvalue weighted by Crippen LogP contribution is -2.05. The van der Waals surface area contributed by atoms with Crippen LogP contribution in [-0.4, -0.2) is 11.1 Å². The minimum Gasteiger partial charge on any atom is -0.481 e. The van der Waals surface area contributed by atoms with Crippen LogP contribution >= 0.6 is 0 Å². The minimum atomic E-state index is -0.717. The molecular formula is C14H16O2. The van der Waals surface area contributed by atoms with Gasteiger partial charge >= 0.3 is 5.97 Å². The number of allylic oxidation sites excluding steroid dienone is 1. The summed E-state index contributed by atoms with van der Waals surface area (Å²) in [5.74, 6) is -0.717. The number of benzene rings is 1. The zero-order chi connectivity index (χ0) is 11.4. The molecule has 0 heterocycles. The third-order valence-electron chi connectivity index (χ3n) is 3.07. The van der Waals surface area contributed by atoms with Crippen molar-refractivity contribution >= 4 is 11.5 Å². The van der Waals surface area contributed by atoms with Gasteiger partial charge in [-0.05, 0) is 36.8 Å². The smallest absolute Gasteiger partial charge is 0.307 e. The zero-order valence-corrected chi connectivity index (χ0v) is 9.28. The van der Waals surface area contributed by atoms with E-state index in [1.54, 1.807) is 0 Å². The van der Waals surface area contributed by atoms with E-state index in [9.17, 15) is 4.79 Å². The first-order chi connectivity index (χ1) is 7.77. The summed E-state index contributed by atoms with van der Waals surface area (Å²) in [5, 5.41) is 8.90. The lowest BCUT2D eigenvalue weighted by atomic mass is 9.86. The lowest BCUT2D eigenvalue weighted by Gasteiger charge is -2.19. The van der Waals surface area contributed by atoms with Gasteiger partial charge in [0.1, 0.15) is 0 Å². The second kappa shape index (κ2) is 4.97. The fraction of sp³-hybridized carbons (Fsp3) is 0.357. The van der Waals surface area contributed by atoms with Crippen LogP contribution in [0.5, 0.6) is 0 Å². The molecule has 0 saturated carbocycles. The van der Waals surface area contributed by atoms with Gasteiger partial charge in [-0.25, -0.2) is 0 Å². The fourth-order valence-electron chi connectivity index (χ4n) is 2.33. The highest BCUT2D eigenvalue weighted by Gasteiger charge is 2.16. The molecule has 0 spiro atoms. The van der Waals surface area contributed by atoms with Crippen molar-refractivity contribution in [2.75, 3.05) is 0 Å². The molecule has 1 aliphatic carbocycles. The van der Waals surface area contributed by atoms with Gasteiger partial charge in [-0.2, -0.15) is 0 Å². The van der Waals surface area contributed by atoms with Gasteiger partial charge in [-0.15, -0.1) is 0 Å². The van der Waals surface area contributed by atoms with E-state index in [0.717, 1.165) is 24.8 Å². The van der Waals surface area contributed by atoms with Gasteiger partial charge in [0.2, 0.25) is 0 Å². The van der Waals surface area contributed by atoms with E-state index in [4.69, 9.17) is 5.11 Å². The van der Waals surface area contributed by atoms with Crippen molar-refractivity contribution < 1.29 is 9.90 Å². The highest BCUT2D eigenvalue weighted by Crippen LogP contribution is 2.33. The highest BCUT2D eigenvalue weighted by atomic mass is 16.4. The van der Waals surface area contributed by atoms with Crippen molar-refractivity contribution in [3.05, 3.63) is 41.5 Å². The van der Waals surface area contributed by atoms with Gasteiger partial charge in [0.05, 0.1) is 6.42 Å². The van der Waals surface area contributed by atoms with Gasteiger partial charge in [0.25, 0.3) is 0 Å². The first kappa shape index (κ1) is 10.9. The fourth-order valence-corrected chi connectivity index (χ4v) is 2.33. The normalized spacial score (nSPS) is 16.2. The summed E-state index contributed by atoms with van der Waals surface area (Å²) < 4.78 is 0. The van der Waals surface area contributed by atoms with E-state index >= 15 is 0 Å². The Morgan fingerprint density at radius 3 is 2.50 bits per heavy atom. The molecule has 0 radical (unpaired) electrons. The Hall–Kier alpha value is -1.57. The Balaban J connectivity index is 2.33. The molecule has 0 aliphatic heterocycles. The zero-order valence-electron chi connectivity index (χ0n) is 9.28. The molecular weight excluding hydrogens is 200 g/mol. The molecule has 1 aliphatic rings. The molecule has 0 fully saturated rings. The van der Waals surface area contributed by atoms with Crippen LogP contribution in [0.4, 0.5) is 0 Å². The van der Waals surface area contributed by atoms with E-state index in [1.807, 2.05) is 18.2 Å². The molecule has 1 aromatic rings.